The van der Waals surface area contributed by atoms with Gasteiger partial charge in [-0.2, -0.15) is 0 Å². The first-order chi connectivity index (χ1) is 9.31. The van der Waals surface area contributed by atoms with E-state index in [9.17, 15) is 4.79 Å². The van der Waals surface area contributed by atoms with E-state index < -0.39 is 0 Å². The van der Waals surface area contributed by atoms with Crippen molar-refractivity contribution in [1.29, 1.82) is 0 Å². The zero-order valence-electron chi connectivity index (χ0n) is 13.4. The van der Waals surface area contributed by atoms with Crippen LogP contribution in [0.2, 0.25) is 0 Å². The second kappa shape index (κ2) is 8.90. The quantitative estimate of drug-likeness (QED) is 0.848. The maximum atomic E-state index is 12.0. The fraction of sp³-hybridized carbons (Fsp3) is 0.562. The van der Waals surface area contributed by atoms with Crippen molar-refractivity contribution in [2.75, 3.05) is 0 Å². The van der Waals surface area contributed by atoms with Gasteiger partial charge in [0.25, 0.3) is 0 Å². The summed E-state index contributed by atoms with van der Waals surface area (Å²) in [5.41, 5.74) is 6.77. The smallest absolute Gasteiger partial charge is 0.224 e. The molecule has 0 saturated carbocycles. The van der Waals surface area contributed by atoms with E-state index in [1.807, 2.05) is 58.9 Å². The van der Waals surface area contributed by atoms with Crippen LogP contribution >= 0.6 is 12.4 Å². The number of ether oxygens (including phenoxy) is 1. The molecule has 1 rings (SSSR count). The minimum Gasteiger partial charge on any atom is -0.491 e. The molecule has 1 amide bonds. The number of nitrogens with two attached hydrogens (primary N) is 1. The van der Waals surface area contributed by atoms with Gasteiger partial charge in [0.2, 0.25) is 5.91 Å². The summed E-state index contributed by atoms with van der Waals surface area (Å²) in [6, 6.07) is 7.57. The van der Waals surface area contributed by atoms with Gasteiger partial charge in [0.15, 0.2) is 0 Å². The van der Waals surface area contributed by atoms with Crippen LogP contribution in [0.25, 0.3) is 0 Å². The van der Waals surface area contributed by atoms with Crippen molar-refractivity contribution in [2.24, 2.45) is 11.7 Å². The molecule has 5 heteroatoms. The number of hydrogen-bond acceptors (Lipinski definition) is 3. The molecule has 0 bridgehead atoms. The van der Waals surface area contributed by atoms with Crippen LogP contribution in [0, 0.1) is 5.92 Å². The highest BCUT2D eigenvalue weighted by molar-refractivity contribution is 5.85. The van der Waals surface area contributed by atoms with Crippen LogP contribution in [-0.4, -0.2) is 18.1 Å². The van der Waals surface area contributed by atoms with E-state index in [0.29, 0.717) is 0 Å². The molecule has 4 nitrogen and oxygen atoms in total. The zero-order valence-corrected chi connectivity index (χ0v) is 14.2. The average Bonchev–Trinajstić information content (AvgIpc) is 2.37. The van der Waals surface area contributed by atoms with Crippen molar-refractivity contribution in [3.05, 3.63) is 29.8 Å². The van der Waals surface area contributed by atoms with Crippen molar-refractivity contribution in [2.45, 2.75) is 52.8 Å². The highest BCUT2D eigenvalue weighted by Gasteiger charge is 2.19. The molecule has 21 heavy (non-hydrogen) atoms. The Morgan fingerprint density at radius 2 is 1.81 bits per heavy atom. The normalized spacial score (nSPS) is 14.8. The van der Waals surface area contributed by atoms with E-state index in [0.717, 1.165) is 11.3 Å². The van der Waals surface area contributed by atoms with E-state index in [1.54, 1.807) is 0 Å². The fourth-order valence-corrected chi connectivity index (χ4v) is 1.80. The molecule has 0 aliphatic rings. The average molecular weight is 315 g/mol. The van der Waals surface area contributed by atoms with E-state index >= 15 is 0 Å². The maximum absolute atomic E-state index is 12.0. The molecule has 0 aromatic heterocycles. The molecule has 3 unspecified atom stereocenters. The van der Waals surface area contributed by atoms with Crippen LogP contribution in [-0.2, 0) is 4.79 Å². The van der Waals surface area contributed by atoms with Gasteiger partial charge in [-0.3, -0.25) is 4.79 Å². The number of halogens is 1. The molecule has 0 aliphatic carbocycles. The SMILES string of the molecule is CC(C)Oc1cccc(C(C)NC(=O)C(C)C(C)N)c1.Cl. The van der Waals surface area contributed by atoms with Crippen molar-refractivity contribution in [1.82, 2.24) is 5.32 Å². The van der Waals surface area contributed by atoms with Crippen LogP contribution in [0.1, 0.15) is 46.2 Å². The summed E-state index contributed by atoms with van der Waals surface area (Å²) in [6.07, 6.45) is 0.133. The third-order valence-electron chi connectivity index (χ3n) is 3.29. The molecule has 0 heterocycles. The number of hydrogen-bond donors (Lipinski definition) is 2. The minimum atomic E-state index is -0.201. The van der Waals surface area contributed by atoms with Gasteiger partial charge in [-0.1, -0.05) is 19.1 Å². The van der Waals surface area contributed by atoms with E-state index in [4.69, 9.17) is 10.5 Å². The molecule has 120 valence electrons. The van der Waals surface area contributed by atoms with E-state index in [-0.39, 0.29) is 42.4 Å². The van der Waals surface area contributed by atoms with Crippen LogP contribution < -0.4 is 15.8 Å². The topological polar surface area (TPSA) is 64.3 Å². The van der Waals surface area contributed by atoms with Crippen molar-refractivity contribution < 1.29 is 9.53 Å². The lowest BCUT2D eigenvalue weighted by Gasteiger charge is -2.20. The zero-order chi connectivity index (χ0) is 15.3. The van der Waals surface area contributed by atoms with Crippen molar-refractivity contribution in [3.8, 4) is 5.75 Å². The van der Waals surface area contributed by atoms with Gasteiger partial charge in [-0.05, 0) is 45.4 Å². The lowest BCUT2D eigenvalue weighted by molar-refractivity contribution is -0.125. The minimum absolute atomic E-state index is 0. The highest BCUT2D eigenvalue weighted by Crippen LogP contribution is 2.20. The molecule has 3 N–H and O–H groups in total. The standard InChI is InChI=1S/C16H26N2O2.ClH/c1-10(2)20-15-8-6-7-14(9-15)13(5)18-16(19)11(3)12(4)17;/h6-13H,17H2,1-5H3,(H,18,19);1H. The number of amides is 1. The number of carbonyl (C=O) groups is 1. The van der Waals surface area contributed by atoms with Crippen LogP contribution in [0.5, 0.6) is 5.75 Å². The molecular weight excluding hydrogens is 288 g/mol. The molecular formula is C16H27ClN2O2. The Morgan fingerprint density at radius 1 is 1.19 bits per heavy atom. The maximum Gasteiger partial charge on any atom is 0.224 e. The van der Waals surface area contributed by atoms with Crippen LogP contribution in [0.3, 0.4) is 0 Å². The van der Waals surface area contributed by atoms with E-state index in [2.05, 4.69) is 5.32 Å². The highest BCUT2D eigenvalue weighted by atomic mass is 35.5. The Bertz CT molecular complexity index is 450. The second-order valence-corrected chi connectivity index (χ2v) is 5.62. The lowest BCUT2D eigenvalue weighted by atomic mass is 10.0. The molecule has 0 aliphatic heterocycles. The summed E-state index contributed by atoms with van der Waals surface area (Å²) >= 11 is 0. The molecule has 0 spiro atoms. The summed E-state index contributed by atoms with van der Waals surface area (Å²) in [4.78, 5) is 12.0. The first-order valence-corrected chi connectivity index (χ1v) is 7.13. The Labute approximate surface area is 133 Å². The van der Waals surface area contributed by atoms with Gasteiger partial charge < -0.3 is 15.8 Å². The summed E-state index contributed by atoms with van der Waals surface area (Å²) < 4.78 is 5.66. The Kier molecular flexibility index (Phi) is 8.37. The number of rotatable bonds is 6. The second-order valence-electron chi connectivity index (χ2n) is 5.62. The Balaban J connectivity index is 0.00000400. The predicted octanol–water partition coefficient (Wildman–Crippen LogP) is 3.06. The number of nitrogens with one attached hydrogen (secondary N) is 1. The van der Waals surface area contributed by atoms with Crippen LogP contribution in [0.4, 0.5) is 0 Å². The summed E-state index contributed by atoms with van der Waals surface area (Å²) in [6.45, 7) is 9.61. The third kappa shape index (κ3) is 6.36. The van der Waals surface area contributed by atoms with Gasteiger partial charge in [0.1, 0.15) is 5.75 Å². The fourth-order valence-electron chi connectivity index (χ4n) is 1.80. The van der Waals surface area contributed by atoms with Gasteiger partial charge in [-0.25, -0.2) is 0 Å². The first-order valence-electron chi connectivity index (χ1n) is 7.13. The van der Waals surface area contributed by atoms with Crippen molar-refractivity contribution in [3.63, 3.8) is 0 Å². The van der Waals surface area contributed by atoms with E-state index in [1.165, 1.54) is 0 Å². The molecule has 0 radical (unpaired) electrons. The Morgan fingerprint density at radius 3 is 2.33 bits per heavy atom. The third-order valence-corrected chi connectivity index (χ3v) is 3.29. The van der Waals surface area contributed by atoms with Gasteiger partial charge in [0, 0.05) is 12.0 Å². The summed E-state index contributed by atoms with van der Waals surface area (Å²) in [5, 5.41) is 2.98. The largest absolute Gasteiger partial charge is 0.491 e. The molecule has 1 aromatic rings. The number of benzene rings is 1. The molecule has 1 aromatic carbocycles. The van der Waals surface area contributed by atoms with Gasteiger partial charge >= 0.3 is 0 Å². The summed E-state index contributed by atoms with van der Waals surface area (Å²) in [5.74, 6) is 0.592. The lowest BCUT2D eigenvalue weighted by Crippen LogP contribution is -2.39. The molecule has 0 fully saturated rings. The summed E-state index contributed by atoms with van der Waals surface area (Å²) in [7, 11) is 0. The Hall–Kier alpha value is -1.26. The molecule has 3 atom stereocenters. The van der Waals surface area contributed by atoms with Crippen LogP contribution in [0.15, 0.2) is 24.3 Å². The van der Waals surface area contributed by atoms with Crippen molar-refractivity contribution >= 4 is 18.3 Å². The monoisotopic (exact) mass is 314 g/mol. The molecule has 0 saturated heterocycles. The first kappa shape index (κ1) is 19.7. The predicted molar refractivity (Wildman–Crippen MR) is 88.8 cm³/mol. The van der Waals surface area contributed by atoms with Gasteiger partial charge in [-0.15, -0.1) is 12.4 Å². The number of carbonyl (C=O) groups excluding carboxylic acids is 1. The van der Waals surface area contributed by atoms with Gasteiger partial charge in [0.05, 0.1) is 12.1 Å².